The summed E-state index contributed by atoms with van der Waals surface area (Å²) < 4.78 is 39.3. The summed E-state index contributed by atoms with van der Waals surface area (Å²) in [7, 11) is 0. The first kappa shape index (κ1) is 12.1. The fourth-order valence-electron chi connectivity index (χ4n) is 1.33. The lowest BCUT2D eigenvalue weighted by Gasteiger charge is -2.06. The van der Waals surface area contributed by atoms with Crippen LogP contribution in [-0.4, -0.2) is 10.9 Å². The third kappa shape index (κ3) is 2.48. The molecule has 0 saturated heterocycles. The van der Waals surface area contributed by atoms with Gasteiger partial charge in [0.1, 0.15) is 23.0 Å². The molecule has 2 aromatic rings. The maximum Gasteiger partial charge on any atom is 0.274 e. The first-order chi connectivity index (χ1) is 8.58. The lowest BCUT2D eigenvalue weighted by atomic mass is 10.2. The van der Waals surface area contributed by atoms with Crippen LogP contribution in [-0.2, 0) is 0 Å². The van der Waals surface area contributed by atoms with Gasteiger partial charge in [0.25, 0.3) is 5.91 Å². The maximum absolute atomic E-state index is 13.3. The second kappa shape index (κ2) is 4.87. The molecular formula is C12H7F3N2O. The molecule has 0 aliphatic heterocycles. The molecule has 1 N–H and O–H groups in total. The molecule has 1 aromatic heterocycles. The van der Waals surface area contributed by atoms with Gasteiger partial charge in [-0.1, -0.05) is 12.1 Å². The standard InChI is InChI=1S/C12H7F3N2O/c13-7-3-1-4-8(14)11(7)17-12(18)9-5-2-6-10(15)16-9/h1-6H,(H,17,18). The van der Waals surface area contributed by atoms with Crippen LogP contribution in [0.15, 0.2) is 36.4 Å². The first-order valence-corrected chi connectivity index (χ1v) is 4.96. The molecule has 6 heteroatoms. The van der Waals surface area contributed by atoms with Crippen LogP contribution in [0.3, 0.4) is 0 Å². The third-order valence-corrected chi connectivity index (χ3v) is 2.15. The fourth-order valence-corrected chi connectivity index (χ4v) is 1.33. The minimum atomic E-state index is -0.917. The van der Waals surface area contributed by atoms with Crippen LogP contribution >= 0.6 is 0 Å². The number of para-hydroxylation sites is 1. The van der Waals surface area contributed by atoms with Crippen molar-refractivity contribution >= 4 is 11.6 Å². The van der Waals surface area contributed by atoms with E-state index in [0.717, 1.165) is 18.2 Å². The molecule has 0 atom stereocenters. The van der Waals surface area contributed by atoms with Gasteiger partial charge in [-0.3, -0.25) is 4.79 Å². The molecule has 92 valence electrons. The summed E-state index contributed by atoms with van der Waals surface area (Å²) >= 11 is 0. The van der Waals surface area contributed by atoms with Gasteiger partial charge in [0.15, 0.2) is 0 Å². The largest absolute Gasteiger partial charge is 0.316 e. The van der Waals surface area contributed by atoms with E-state index in [0.29, 0.717) is 0 Å². The molecule has 0 aliphatic rings. The lowest BCUT2D eigenvalue weighted by Crippen LogP contribution is -2.16. The van der Waals surface area contributed by atoms with Gasteiger partial charge in [-0.25, -0.2) is 13.8 Å². The second-order valence-corrected chi connectivity index (χ2v) is 3.40. The number of benzene rings is 1. The normalized spacial score (nSPS) is 10.2. The minimum absolute atomic E-state index is 0.266. The van der Waals surface area contributed by atoms with Gasteiger partial charge in [-0.05, 0) is 24.3 Å². The molecular weight excluding hydrogens is 245 g/mol. The van der Waals surface area contributed by atoms with Crippen molar-refractivity contribution < 1.29 is 18.0 Å². The van der Waals surface area contributed by atoms with E-state index in [4.69, 9.17) is 0 Å². The summed E-state index contributed by atoms with van der Waals surface area (Å²) in [4.78, 5) is 14.9. The van der Waals surface area contributed by atoms with E-state index in [1.807, 2.05) is 5.32 Å². The highest BCUT2D eigenvalue weighted by atomic mass is 19.1. The molecule has 0 fully saturated rings. The zero-order valence-electron chi connectivity index (χ0n) is 8.95. The van der Waals surface area contributed by atoms with E-state index < -0.39 is 29.2 Å². The Hall–Kier alpha value is -2.37. The van der Waals surface area contributed by atoms with E-state index >= 15 is 0 Å². The number of carbonyl (C=O) groups excluding carboxylic acids is 1. The highest BCUT2D eigenvalue weighted by Crippen LogP contribution is 2.18. The average molecular weight is 252 g/mol. The number of halogens is 3. The van der Waals surface area contributed by atoms with Gasteiger partial charge < -0.3 is 5.32 Å². The SMILES string of the molecule is O=C(Nc1c(F)cccc1F)c1cccc(F)n1. The summed E-state index contributed by atoms with van der Waals surface area (Å²) in [5, 5.41) is 2.00. The Balaban J connectivity index is 2.27. The molecule has 1 aromatic carbocycles. The summed E-state index contributed by atoms with van der Waals surface area (Å²) in [6, 6.07) is 6.72. The van der Waals surface area contributed by atoms with Crippen molar-refractivity contribution in [3.05, 3.63) is 59.7 Å². The monoisotopic (exact) mass is 252 g/mol. The number of pyridine rings is 1. The number of anilines is 1. The molecule has 18 heavy (non-hydrogen) atoms. The van der Waals surface area contributed by atoms with Crippen molar-refractivity contribution in [2.45, 2.75) is 0 Å². The fraction of sp³-hybridized carbons (Fsp3) is 0. The zero-order valence-corrected chi connectivity index (χ0v) is 8.95. The first-order valence-electron chi connectivity index (χ1n) is 4.96. The number of nitrogens with one attached hydrogen (secondary N) is 1. The molecule has 0 radical (unpaired) electrons. The number of carbonyl (C=O) groups is 1. The van der Waals surface area contributed by atoms with Crippen LogP contribution in [0, 0.1) is 17.6 Å². The third-order valence-electron chi connectivity index (χ3n) is 2.15. The Morgan fingerprint density at radius 1 is 1.00 bits per heavy atom. The zero-order chi connectivity index (χ0) is 13.1. The van der Waals surface area contributed by atoms with Gasteiger partial charge >= 0.3 is 0 Å². The van der Waals surface area contributed by atoms with Crippen LogP contribution in [0.25, 0.3) is 0 Å². The quantitative estimate of drug-likeness (QED) is 0.835. The van der Waals surface area contributed by atoms with Gasteiger partial charge in [0, 0.05) is 0 Å². The predicted octanol–water partition coefficient (Wildman–Crippen LogP) is 2.75. The van der Waals surface area contributed by atoms with Gasteiger partial charge in [-0.2, -0.15) is 4.39 Å². The summed E-state index contributed by atoms with van der Waals surface area (Å²) in [5.41, 5.74) is -0.855. The van der Waals surface area contributed by atoms with Gasteiger partial charge in [-0.15, -0.1) is 0 Å². The molecule has 2 rings (SSSR count). The van der Waals surface area contributed by atoms with Crippen molar-refractivity contribution in [1.82, 2.24) is 4.98 Å². The van der Waals surface area contributed by atoms with Crippen molar-refractivity contribution in [1.29, 1.82) is 0 Å². The van der Waals surface area contributed by atoms with E-state index in [9.17, 15) is 18.0 Å². The number of amides is 1. The minimum Gasteiger partial charge on any atom is -0.316 e. The van der Waals surface area contributed by atoms with Crippen molar-refractivity contribution in [2.24, 2.45) is 0 Å². The van der Waals surface area contributed by atoms with Crippen LogP contribution in [0.5, 0.6) is 0 Å². The molecule has 1 heterocycles. The topological polar surface area (TPSA) is 42.0 Å². The van der Waals surface area contributed by atoms with Gasteiger partial charge in [0.05, 0.1) is 0 Å². The second-order valence-electron chi connectivity index (χ2n) is 3.40. The molecule has 0 unspecified atom stereocenters. The number of nitrogens with zero attached hydrogens (tertiary/aromatic N) is 1. The van der Waals surface area contributed by atoms with E-state index in [1.54, 1.807) is 0 Å². The number of aromatic nitrogens is 1. The average Bonchev–Trinajstić information content (AvgIpc) is 2.34. The molecule has 0 spiro atoms. The number of hydrogen-bond donors (Lipinski definition) is 1. The molecule has 0 aliphatic carbocycles. The van der Waals surface area contributed by atoms with Crippen LogP contribution < -0.4 is 5.32 Å². The Kier molecular flexibility index (Phi) is 3.27. The van der Waals surface area contributed by atoms with E-state index in [1.165, 1.54) is 18.2 Å². The Labute approximate surface area is 100 Å². The van der Waals surface area contributed by atoms with Crippen LogP contribution in [0.2, 0.25) is 0 Å². The van der Waals surface area contributed by atoms with Crippen molar-refractivity contribution in [3.8, 4) is 0 Å². The van der Waals surface area contributed by atoms with Crippen molar-refractivity contribution in [2.75, 3.05) is 5.32 Å². The summed E-state index contributed by atoms with van der Waals surface area (Å²) in [5.74, 6) is -3.57. The predicted molar refractivity (Wildman–Crippen MR) is 58.5 cm³/mol. The smallest absolute Gasteiger partial charge is 0.274 e. The Morgan fingerprint density at radius 3 is 2.22 bits per heavy atom. The lowest BCUT2D eigenvalue weighted by molar-refractivity contribution is 0.102. The Morgan fingerprint density at radius 2 is 1.61 bits per heavy atom. The molecule has 1 amide bonds. The summed E-state index contributed by atoms with van der Waals surface area (Å²) in [6.45, 7) is 0. The molecule has 0 saturated carbocycles. The Bertz CT molecular complexity index is 581. The number of hydrogen-bond acceptors (Lipinski definition) is 2. The van der Waals surface area contributed by atoms with Crippen LogP contribution in [0.1, 0.15) is 10.5 Å². The molecule has 3 nitrogen and oxygen atoms in total. The molecule has 0 bridgehead atoms. The van der Waals surface area contributed by atoms with E-state index in [-0.39, 0.29) is 5.69 Å². The number of rotatable bonds is 2. The van der Waals surface area contributed by atoms with Gasteiger partial charge in [0.2, 0.25) is 5.95 Å². The van der Waals surface area contributed by atoms with E-state index in [2.05, 4.69) is 4.98 Å². The van der Waals surface area contributed by atoms with Crippen LogP contribution in [0.4, 0.5) is 18.9 Å². The maximum atomic E-state index is 13.3. The van der Waals surface area contributed by atoms with Crippen molar-refractivity contribution in [3.63, 3.8) is 0 Å². The summed E-state index contributed by atoms with van der Waals surface area (Å²) in [6.07, 6.45) is 0. The highest BCUT2D eigenvalue weighted by Gasteiger charge is 2.14. The highest BCUT2D eigenvalue weighted by molar-refractivity contribution is 6.02.